The number of aliphatic carboxylic acids is 2. The number of aromatic amines is 1. The zero-order valence-corrected chi connectivity index (χ0v) is 20.3. The molecule has 0 radical (unpaired) electrons. The topological polar surface area (TPSA) is 257 Å². The predicted molar refractivity (Wildman–Crippen MR) is 129 cm³/mol. The number of carbonyl (C=O) groups is 5. The zero-order chi connectivity index (χ0) is 28.4. The number of hydrogen-bond donors (Lipinski definition) is 9. The maximum absolute atomic E-state index is 13.0. The molecule has 0 aliphatic carbocycles. The number of amides is 3. The third kappa shape index (κ3) is 9.18. The number of aliphatic hydroxyl groups excluding tert-OH is 1. The maximum atomic E-state index is 13.0. The Hall–Kier alpha value is -4.50. The fourth-order valence-electron chi connectivity index (χ4n) is 3.38. The highest BCUT2D eigenvalue weighted by Crippen LogP contribution is 2.12. The first-order valence-electron chi connectivity index (χ1n) is 11.4. The van der Waals surface area contributed by atoms with E-state index < -0.39 is 66.4 Å². The minimum atomic E-state index is -1.79. The molecule has 15 nitrogen and oxygen atoms in total. The van der Waals surface area contributed by atoms with Crippen LogP contribution in [0.5, 0.6) is 5.75 Å². The number of aliphatic hydroxyl groups is 1. The van der Waals surface area contributed by atoms with Crippen LogP contribution in [0.25, 0.3) is 0 Å². The van der Waals surface area contributed by atoms with Crippen molar-refractivity contribution in [2.24, 2.45) is 5.73 Å². The minimum Gasteiger partial charge on any atom is -0.508 e. The Bertz CT molecular complexity index is 1120. The molecule has 0 bridgehead atoms. The van der Waals surface area contributed by atoms with Gasteiger partial charge in [-0.2, -0.15) is 0 Å². The van der Waals surface area contributed by atoms with E-state index in [2.05, 4.69) is 25.9 Å². The van der Waals surface area contributed by atoms with Gasteiger partial charge in [-0.1, -0.05) is 12.1 Å². The second-order valence-electron chi connectivity index (χ2n) is 8.54. The number of benzene rings is 1. The lowest BCUT2D eigenvalue weighted by molar-refractivity contribution is -0.147. The molecule has 5 unspecified atom stereocenters. The van der Waals surface area contributed by atoms with Crippen LogP contribution in [0.15, 0.2) is 36.8 Å². The molecule has 3 amide bonds. The van der Waals surface area contributed by atoms with Crippen molar-refractivity contribution in [2.45, 2.75) is 56.5 Å². The van der Waals surface area contributed by atoms with Crippen LogP contribution in [0.2, 0.25) is 0 Å². The summed E-state index contributed by atoms with van der Waals surface area (Å²) in [6.07, 6.45) is 0.392. The lowest BCUT2D eigenvalue weighted by atomic mass is 10.0. The summed E-state index contributed by atoms with van der Waals surface area (Å²) in [6, 6.07) is -0.307. The second kappa shape index (κ2) is 13.7. The number of carbonyl (C=O) groups excluding carboxylic acids is 3. The molecule has 0 aliphatic heterocycles. The van der Waals surface area contributed by atoms with Crippen molar-refractivity contribution < 1.29 is 44.4 Å². The Morgan fingerprint density at radius 3 is 2.11 bits per heavy atom. The number of rotatable bonds is 14. The molecular weight excluding hydrogens is 504 g/mol. The van der Waals surface area contributed by atoms with E-state index in [1.54, 1.807) is 0 Å². The SMILES string of the molecule is CC(O)C(NC(=O)C(N)Cc1cnc[nH]1)C(=O)NC(Cc1ccc(O)cc1)C(=O)NC(CC(=O)O)C(=O)O. The van der Waals surface area contributed by atoms with Gasteiger partial charge in [0.1, 0.15) is 23.9 Å². The smallest absolute Gasteiger partial charge is 0.326 e. The first kappa shape index (κ1) is 29.7. The Balaban J connectivity index is 2.20. The second-order valence-corrected chi connectivity index (χ2v) is 8.54. The largest absolute Gasteiger partial charge is 0.508 e. The van der Waals surface area contributed by atoms with E-state index in [0.29, 0.717) is 11.3 Å². The van der Waals surface area contributed by atoms with Crippen LogP contribution in [0, 0.1) is 0 Å². The van der Waals surface area contributed by atoms with Gasteiger partial charge in [-0.15, -0.1) is 0 Å². The van der Waals surface area contributed by atoms with E-state index in [1.807, 2.05) is 0 Å². The van der Waals surface area contributed by atoms with Crippen LogP contribution in [0.4, 0.5) is 0 Å². The quantitative estimate of drug-likeness (QED) is 0.124. The lowest BCUT2D eigenvalue weighted by Gasteiger charge is -2.26. The van der Waals surface area contributed by atoms with Gasteiger partial charge < -0.3 is 47.1 Å². The van der Waals surface area contributed by atoms with Crippen LogP contribution in [0.3, 0.4) is 0 Å². The number of carboxylic acid groups (broad SMARTS) is 2. The summed E-state index contributed by atoms with van der Waals surface area (Å²) in [4.78, 5) is 67.6. The Morgan fingerprint density at radius 2 is 1.58 bits per heavy atom. The average Bonchev–Trinajstić information content (AvgIpc) is 3.35. The van der Waals surface area contributed by atoms with Crippen molar-refractivity contribution in [1.29, 1.82) is 0 Å². The van der Waals surface area contributed by atoms with E-state index >= 15 is 0 Å². The molecule has 1 aromatic carbocycles. The molecule has 2 rings (SSSR count). The highest BCUT2D eigenvalue weighted by Gasteiger charge is 2.33. The third-order valence-corrected chi connectivity index (χ3v) is 5.40. The normalized spacial score (nSPS) is 14.8. The van der Waals surface area contributed by atoms with Gasteiger partial charge in [0.15, 0.2) is 0 Å². The van der Waals surface area contributed by atoms with Crippen molar-refractivity contribution in [1.82, 2.24) is 25.9 Å². The molecule has 206 valence electrons. The van der Waals surface area contributed by atoms with Crippen LogP contribution < -0.4 is 21.7 Å². The molecule has 0 fully saturated rings. The van der Waals surface area contributed by atoms with Gasteiger partial charge in [-0.25, -0.2) is 9.78 Å². The van der Waals surface area contributed by atoms with Gasteiger partial charge in [-0.3, -0.25) is 19.2 Å². The molecule has 38 heavy (non-hydrogen) atoms. The first-order chi connectivity index (χ1) is 17.9. The van der Waals surface area contributed by atoms with E-state index in [-0.39, 0.29) is 18.6 Å². The van der Waals surface area contributed by atoms with Crippen LogP contribution in [-0.4, -0.2) is 90.3 Å². The van der Waals surface area contributed by atoms with E-state index in [9.17, 15) is 39.3 Å². The number of hydrogen-bond acceptors (Lipinski definition) is 9. The summed E-state index contributed by atoms with van der Waals surface area (Å²) in [5, 5.41) is 44.6. The standard InChI is InChI=1S/C23H30N6O9/c1-11(30)19(29-20(34)15(24)7-13-9-25-10-26-13)22(36)27-16(6-12-2-4-14(31)5-3-12)21(35)28-17(23(37)38)8-18(32)33/h2-5,9-11,15-17,19,30-31H,6-8,24H2,1H3,(H,25,26)(H,27,36)(H,28,35)(H,29,34)(H,32,33)(H,37,38). The first-order valence-corrected chi connectivity index (χ1v) is 11.4. The van der Waals surface area contributed by atoms with Crippen LogP contribution in [-0.2, 0) is 36.8 Å². The Labute approximate surface area is 216 Å². The molecule has 1 aromatic heterocycles. The number of H-pyrrole nitrogens is 1. The van der Waals surface area contributed by atoms with Gasteiger partial charge in [0.05, 0.1) is 24.9 Å². The molecule has 2 aromatic rings. The van der Waals surface area contributed by atoms with Gasteiger partial charge in [0.2, 0.25) is 17.7 Å². The molecule has 0 saturated carbocycles. The molecule has 0 aliphatic rings. The fourth-order valence-corrected chi connectivity index (χ4v) is 3.38. The van der Waals surface area contributed by atoms with Crippen LogP contribution in [0.1, 0.15) is 24.6 Å². The summed E-state index contributed by atoms with van der Waals surface area (Å²) in [7, 11) is 0. The van der Waals surface area contributed by atoms with E-state index in [1.165, 1.54) is 43.7 Å². The number of phenols is 1. The molecule has 10 N–H and O–H groups in total. The third-order valence-electron chi connectivity index (χ3n) is 5.40. The number of nitrogens with one attached hydrogen (secondary N) is 4. The number of nitrogens with two attached hydrogens (primary N) is 1. The Morgan fingerprint density at radius 1 is 0.947 bits per heavy atom. The van der Waals surface area contributed by atoms with E-state index in [0.717, 1.165) is 0 Å². The highest BCUT2D eigenvalue weighted by molar-refractivity contribution is 5.95. The average molecular weight is 535 g/mol. The zero-order valence-electron chi connectivity index (χ0n) is 20.3. The molecule has 15 heteroatoms. The van der Waals surface area contributed by atoms with Crippen LogP contribution >= 0.6 is 0 Å². The number of aromatic nitrogens is 2. The van der Waals surface area contributed by atoms with Crippen molar-refractivity contribution >= 4 is 29.7 Å². The summed E-state index contributed by atoms with van der Waals surface area (Å²) < 4.78 is 0. The van der Waals surface area contributed by atoms with Gasteiger partial charge in [0, 0.05) is 24.7 Å². The van der Waals surface area contributed by atoms with Crippen molar-refractivity contribution in [3.8, 4) is 5.75 Å². The summed E-state index contributed by atoms with van der Waals surface area (Å²) in [5.74, 6) is -5.91. The van der Waals surface area contributed by atoms with Crippen molar-refractivity contribution in [2.75, 3.05) is 0 Å². The number of phenolic OH excluding ortho intramolecular Hbond substituents is 1. The summed E-state index contributed by atoms with van der Waals surface area (Å²) in [6.45, 7) is 1.23. The summed E-state index contributed by atoms with van der Waals surface area (Å²) in [5.41, 5.74) is 6.89. The predicted octanol–water partition coefficient (Wildman–Crippen LogP) is -2.38. The monoisotopic (exact) mass is 534 g/mol. The number of imidazole rings is 1. The lowest BCUT2D eigenvalue weighted by Crippen LogP contribution is -2.60. The highest BCUT2D eigenvalue weighted by atomic mass is 16.4. The summed E-state index contributed by atoms with van der Waals surface area (Å²) >= 11 is 0. The number of aromatic hydroxyl groups is 1. The van der Waals surface area contributed by atoms with Gasteiger partial charge in [-0.05, 0) is 24.6 Å². The Kier molecular flexibility index (Phi) is 10.7. The fraction of sp³-hybridized carbons (Fsp3) is 0.391. The molecule has 5 atom stereocenters. The van der Waals surface area contributed by atoms with E-state index in [4.69, 9.17) is 10.8 Å². The van der Waals surface area contributed by atoms with Crippen molar-refractivity contribution in [3.63, 3.8) is 0 Å². The maximum Gasteiger partial charge on any atom is 0.326 e. The van der Waals surface area contributed by atoms with Crippen molar-refractivity contribution in [3.05, 3.63) is 48.0 Å². The van der Waals surface area contributed by atoms with Gasteiger partial charge in [0.25, 0.3) is 0 Å². The molecule has 1 heterocycles. The minimum absolute atomic E-state index is 0.0606. The molecule has 0 saturated heterocycles. The number of nitrogens with zero attached hydrogens (tertiary/aromatic N) is 1. The van der Waals surface area contributed by atoms with Gasteiger partial charge >= 0.3 is 11.9 Å². The molecular formula is C23H30N6O9. The number of carboxylic acids is 2. The molecule has 0 spiro atoms.